The first-order valence-corrected chi connectivity index (χ1v) is 7.81. The molecule has 1 fully saturated rings. The number of nitrogens with one attached hydrogen (secondary N) is 1. The minimum Gasteiger partial charge on any atom is -0.406 e. The van der Waals surface area contributed by atoms with E-state index >= 15 is 0 Å². The number of anilines is 1. The largest absolute Gasteiger partial charge is 0.573 e. The standard InChI is InChI=1S/C16H17F3N4O2/c17-16(18,19)25-14-6-1-4-12(10-14)21-15(24)23-9-2-5-13(23)11-22-8-3-7-20-22/h1,3-4,6-8,10,13H,2,5,9,11H2,(H,21,24). The molecule has 1 N–H and O–H groups in total. The maximum atomic E-state index is 12.5. The van der Waals surface area contributed by atoms with Crippen molar-refractivity contribution < 1.29 is 22.7 Å². The number of carbonyl (C=O) groups excluding carboxylic acids is 1. The van der Waals surface area contributed by atoms with Crippen molar-refractivity contribution in [1.82, 2.24) is 14.7 Å². The number of aromatic nitrogens is 2. The van der Waals surface area contributed by atoms with Gasteiger partial charge in [-0.3, -0.25) is 4.68 Å². The highest BCUT2D eigenvalue weighted by molar-refractivity contribution is 5.89. The second-order valence-corrected chi connectivity index (χ2v) is 5.72. The van der Waals surface area contributed by atoms with E-state index < -0.39 is 6.36 Å². The molecule has 0 radical (unpaired) electrons. The zero-order valence-corrected chi connectivity index (χ0v) is 13.2. The van der Waals surface area contributed by atoms with Gasteiger partial charge in [0.05, 0.1) is 12.6 Å². The van der Waals surface area contributed by atoms with Gasteiger partial charge in [0.15, 0.2) is 0 Å². The van der Waals surface area contributed by atoms with E-state index in [1.807, 2.05) is 12.3 Å². The lowest BCUT2D eigenvalue weighted by Crippen LogP contribution is -2.40. The molecule has 1 aliphatic rings. The molecule has 1 saturated heterocycles. The Morgan fingerprint density at radius 2 is 2.20 bits per heavy atom. The zero-order chi connectivity index (χ0) is 17.9. The highest BCUT2D eigenvalue weighted by Crippen LogP contribution is 2.26. The van der Waals surface area contributed by atoms with Crippen LogP contribution in [0.15, 0.2) is 42.7 Å². The number of amides is 2. The lowest BCUT2D eigenvalue weighted by Gasteiger charge is -2.25. The molecule has 2 aromatic rings. The normalized spacial score (nSPS) is 17.6. The zero-order valence-electron chi connectivity index (χ0n) is 13.2. The van der Waals surface area contributed by atoms with E-state index in [9.17, 15) is 18.0 Å². The summed E-state index contributed by atoms with van der Waals surface area (Å²) in [4.78, 5) is 14.2. The predicted octanol–water partition coefficient (Wildman–Crippen LogP) is 3.48. The number of benzene rings is 1. The lowest BCUT2D eigenvalue weighted by atomic mass is 10.2. The average molecular weight is 354 g/mol. The summed E-state index contributed by atoms with van der Waals surface area (Å²) >= 11 is 0. The van der Waals surface area contributed by atoms with E-state index in [4.69, 9.17) is 0 Å². The Kier molecular flexibility index (Phi) is 4.82. The first-order chi connectivity index (χ1) is 11.9. The van der Waals surface area contributed by atoms with Crippen LogP contribution in [0, 0.1) is 0 Å². The van der Waals surface area contributed by atoms with Gasteiger partial charge >= 0.3 is 12.4 Å². The third-order valence-electron chi connectivity index (χ3n) is 3.91. The van der Waals surface area contributed by atoms with Crippen LogP contribution in [0.2, 0.25) is 0 Å². The molecule has 0 spiro atoms. The van der Waals surface area contributed by atoms with Crippen LogP contribution in [0.3, 0.4) is 0 Å². The Hall–Kier alpha value is -2.71. The van der Waals surface area contributed by atoms with E-state index in [0.29, 0.717) is 13.1 Å². The van der Waals surface area contributed by atoms with Crippen molar-refractivity contribution in [2.45, 2.75) is 31.8 Å². The minimum absolute atomic E-state index is 0.00509. The molecule has 1 aromatic carbocycles. The minimum atomic E-state index is -4.77. The Morgan fingerprint density at radius 3 is 2.92 bits per heavy atom. The molecule has 0 saturated carbocycles. The summed E-state index contributed by atoms with van der Waals surface area (Å²) in [6.45, 7) is 1.17. The maximum absolute atomic E-state index is 12.5. The summed E-state index contributed by atoms with van der Waals surface area (Å²) < 4.78 is 42.5. The number of hydrogen-bond donors (Lipinski definition) is 1. The molecule has 1 aromatic heterocycles. The van der Waals surface area contributed by atoms with Gasteiger partial charge in [-0.1, -0.05) is 6.07 Å². The quantitative estimate of drug-likeness (QED) is 0.915. The van der Waals surface area contributed by atoms with Gasteiger partial charge in [0.2, 0.25) is 0 Å². The van der Waals surface area contributed by atoms with E-state index in [2.05, 4.69) is 15.2 Å². The van der Waals surface area contributed by atoms with Gasteiger partial charge in [0, 0.05) is 30.7 Å². The number of ether oxygens (including phenoxy) is 1. The van der Waals surface area contributed by atoms with Crippen molar-refractivity contribution in [3.8, 4) is 5.75 Å². The molecule has 9 heteroatoms. The van der Waals surface area contributed by atoms with Gasteiger partial charge in [-0.25, -0.2) is 4.79 Å². The van der Waals surface area contributed by atoms with Crippen LogP contribution < -0.4 is 10.1 Å². The molecular formula is C16H17F3N4O2. The van der Waals surface area contributed by atoms with Gasteiger partial charge < -0.3 is 15.0 Å². The number of nitrogens with zero attached hydrogens (tertiary/aromatic N) is 3. The molecule has 3 rings (SSSR count). The van der Waals surface area contributed by atoms with Crippen LogP contribution in [0.5, 0.6) is 5.75 Å². The summed E-state index contributed by atoms with van der Waals surface area (Å²) in [5, 5.41) is 6.77. The number of rotatable bonds is 4. The second-order valence-electron chi connectivity index (χ2n) is 5.72. The number of likely N-dealkylation sites (tertiary alicyclic amines) is 1. The van der Waals surface area contributed by atoms with E-state index in [0.717, 1.165) is 18.9 Å². The van der Waals surface area contributed by atoms with E-state index in [-0.39, 0.29) is 23.5 Å². The molecule has 6 nitrogen and oxygen atoms in total. The smallest absolute Gasteiger partial charge is 0.406 e. The lowest BCUT2D eigenvalue weighted by molar-refractivity contribution is -0.274. The Labute approximate surface area is 142 Å². The highest BCUT2D eigenvalue weighted by Gasteiger charge is 2.32. The van der Waals surface area contributed by atoms with Gasteiger partial charge in [-0.05, 0) is 31.0 Å². The molecule has 0 aliphatic carbocycles. The van der Waals surface area contributed by atoms with Gasteiger partial charge in [-0.15, -0.1) is 13.2 Å². The van der Waals surface area contributed by atoms with Gasteiger partial charge in [0.1, 0.15) is 5.75 Å². The average Bonchev–Trinajstić information content (AvgIpc) is 3.18. The first-order valence-electron chi connectivity index (χ1n) is 7.81. The topological polar surface area (TPSA) is 59.4 Å². The van der Waals surface area contributed by atoms with Gasteiger partial charge in [0.25, 0.3) is 0 Å². The van der Waals surface area contributed by atoms with Crippen LogP contribution in [0.4, 0.5) is 23.7 Å². The van der Waals surface area contributed by atoms with Crippen LogP contribution in [0.25, 0.3) is 0 Å². The summed E-state index contributed by atoms with van der Waals surface area (Å²) in [7, 11) is 0. The Morgan fingerprint density at radius 1 is 1.36 bits per heavy atom. The summed E-state index contributed by atoms with van der Waals surface area (Å²) in [6, 6.07) is 6.68. The third kappa shape index (κ3) is 4.65. The van der Waals surface area contributed by atoms with Crippen molar-refractivity contribution in [1.29, 1.82) is 0 Å². The fourth-order valence-corrected chi connectivity index (χ4v) is 2.88. The summed E-state index contributed by atoms with van der Waals surface area (Å²) in [6.07, 6.45) is 0.450. The van der Waals surface area contributed by atoms with Gasteiger partial charge in [-0.2, -0.15) is 5.10 Å². The van der Waals surface area contributed by atoms with Crippen molar-refractivity contribution in [3.05, 3.63) is 42.7 Å². The molecule has 1 atom stereocenters. The second kappa shape index (κ2) is 7.04. The molecule has 25 heavy (non-hydrogen) atoms. The molecule has 134 valence electrons. The maximum Gasteiger partial charge on any atom is 0.573 e. The molecule has 1 aliphatic heterocycles. The van der Waals surface area contributed by atoms with Crippen LogP contribution in [0.1, 0.15) is 12.8 Å². The van der Waals surface area contributed by atoms with Crippen LogP contribution in [-0.4, -0.2) is 39.7 Å². The number of halogens is 3. The van der Waals surface area contributed by atoms with Crippen LogP contribution in [-0.2, 0) is 6.54 Å². The number of alkyl halides is 3. The van der Waals surface area contributed by atoms with Crippen molar-refractivity contribution in [2.24, 2.45) is 0 Å². The van der Waals surface area contributed by atoms with E-state index in [1.54, 1.807) is 15.8 Å². The fraction of sp³-hybridized carbons (Fsp3) is 0.375. The number of carbonyl (C=O) groups is 1. The fourth-order valence-electron chi connectivity index (χ4n) is 2.88. The molecular weight excluding hydrogens is 337 g/mol. The van der Waals surface area contributed by atoms with Crippen molar-refractivity contribution in [3.63, 3.8) is 0 Å². The SMILES string of the molecule is O=C(Nc1cccc(OC(F)(F)F)c1)N1CCCC1Cn1cccn1. The molecule has 0 bridgehead atoms. The Balaban J connectivity index is 1.64. The van der Waals surface area contributed by atoms with Crippen LogP contribution >= 0.6 is 0 Å². The highest BCUT2D eigenvalue weighted by atomic mass is 19.4. The monoisotopic (exact) mass is 354 g/mol. The first kappa shape index (κ1) is 17.1. The van der Waals surface area contributed by atoms with E-state index in [1.165, 1.54) is 18.2 Å². The molecule has 2 heterocycles. The van der Waals surface area contributed by atoms with Crippen molar-refractivity contribution in [2.75, 3.05) is 11.9 Å². The summed E-state index contributed by atoms with van der Waals surface area (Å²) in [5.74, 6) is -0.375. The number of urea groups is 1. The molecule has 2 amide bonds. The predicted molar refractivity (Wildman–Crippen MR) is 84.1 cm³/mol. The molecule has 1 unspecified atom stereocenters. The van der Waals surface area contributed by atoms with Crippen molar-refractivity contribution >= 4 is 11.7 Å². The summed E-state index contributed by atoms with van der Waals surface area (Å²) in [5.41, 5.74) is 0.247. The Bertz CT molecular complexity index is 718. The number of hydrogen-bond acceptors (Lipinski definition) is 3. The third-order valence-corrected chi connectivity index (χ3v) is 3.91.